The van der Waals surface area contributed by atoms with Crippen LogP contribution in [-0.2, 0) is 11.8 Å². The van der Waals surface area contributed by atoms with Crippen molar-refractivity contribution in [1.82, 2.24) is 19.8 Å². The van der Waals surface area contributed by atoms with Crippen LogP contribution in [0.4, 0.5) is 5.69 Å². The Morgan fingerprint density at radius 3 is 2.52 bits per heavy atom. The molecule has 21 heavy (non-hydrogen) atoms. The molecule has 110 valence electrons. The highest BCUT2D eigenvalue weighted by molar-refractivity contribution is 5.93. The molecular weight excluding hydrogens is 282 g/mol. The quantitative estimate of drug-likeness (QED) is 0.442. The summed E-state index contributed by atoms with van der Waals surface area (Å²) >= 11 is 0. The third kappa shape index (κ3) is 2.38. The highest BCUT2D eigenvalue weighted by atomic mass is 16.6. The number of aryl methyl sites for hydroxylation is 1. The number of benzene rings is 1. The number of hydrogen-bond acceptors (Lipinski definition) is 7. The molecule has 0 N–H and O–H groups in total. The predicted octanol–water partition coefficient (Wildman–Crippen LogP) is -0.0308. The lowest BCUT2D eigenvalue weighted by molar-refractivity contribution is -0.384. The van der Waals surface area contributed by atoms with E-state index >= 15 is 0 Å². The summed E-state index contributed by atoms with van der Waals surface area (Å²) in [6.07, 6.45) is 0. The number of hydrogen-bond donors (Lipinski definition) is 0. The van der Waals surface area contributed by atoms with E-state index in [1.807, 2.05) is 0 Å². The maximum absolute atomic E-state index is 11.9. The third-order valence-electron chi connectivity index (χ3n) is 2.93. The molecule has 1 heterocycles. The minimum Gasteiger partial charge on any atom is -0.465 e. The molecule has 2 rings (SSSR count). The van der Waals surface area contributed by atoms with E-state index in [0.717, 1.165) is 28.6 Å². The number of rotatable bonds is 3. The van der Waals surface area contributed by atoms with E-state index in [1.54, 1.807) is 0 Å². The molecule has 1 aromatic carbocycles. The van der Waals surface area contributed by atoms with Gasteiger partial charge in [-0.15, -0.1) is 0 Å². The average Bonchev–Trinajstić information content (AvgIpc) is 2.78. The number of nitro groups is 1. The lowest BCUT2D eigenvalue weighted by Gasteiger charge is -2.08. The maximum atomic E-state index is 11.9. The maximum Gasteiger partial charge on any atom is 0.368 e. The SMILES string of the molecule is COC(=O)c1cc([N+](=O)[O-])cc(-n2nnn(C)c2=O)c1C. The van der Waals surface area contributed by atoms with Crippen LogP contribution < -0.4 is 5.69 Å². The van der Waals surface area contributed by atoms with Crippen molar-refractivity contribution in [2.24, 2.45) is 7.05 Å². The fourth-order valence-corrected chi connectivity index (χ4v) is 1.80. The van der Waals surface area contributed by atoms with Gasteiger partial charge in [-0.05, 0) is 22.9 Å². The van der Waals surface area contributed by atoms with Crippen molar-refractivity contribution in [3.05, 3.63) is 43.9 Å². The highest BCUT2D eigenvalue weighted by Crippen LogP contribution is 2.24. The van der Waals surface area contributed by atoms with Gasteiger partial charge >= 0.3 is 11.7 Å². The Balaban J connectivity index is 2.79. The fourth-order valence-electron chi connectivity index (χ4n) is 1.80. The number of non-ortho nitro benzene ring substituents is 1. The molecule has 2 aromatic rings. The number of nitrogens with zero attached hydrogens (tertiary/aromatic N) is 5. The number of ether oxygens (including phenoxy) is 1. The van der Waals surface area contributed by atoms with Gasteiger partial charge in [-0.25, -0.2) is 9.59 Å². The minimum absolute atomic E-state index is 0.0146. The first kappa shape index (κ1) is 14.4. The number of carbonyl (C=O) groups is 1. The van der Waals surface area contributed by atoms with Gasteiger partial charge in [0.25, 0.3) is 5.69 Å². The number of aromatic nitrogens is 4. The lowest BCUT2D eigenvalue weighted by atomic mass is 10.1. The van der Waals surface area contributed by atoms with Crippen LogP contribution in [0.1, 0.15) is 15.9 Å². The first-order valence-electron chi connectivity index (χ1n) is 5.73. The van der Waals surface area contributed by atoms with E-state index in [4.69, 9.17) is 0 Å². The molecule has 0 saturated heterocycles. The molecule has 10 nitrogen and oxygen atoms in total. The summed E-state index contributed by atoms with van der Waals surface area (Å²) in [5.74, 6) is -0.741. The van der Waals surface area contributed by atoms with Crippen molar-refractivity contribution < 1.29 is 14.5 Å². The van der Waals surface area contributed by atoms with Crippen LogP contribution in [0, 0.1) is 17.0 Å². The molecule has 0 radical (unpaired) electrons. The molecule has 1 aromatic heterocycles. The van der Waals surface area contributed by atoms with Gasteiger partial charge in [0.05, 0.1) is 23.3 Å². The number of carbonyl (C=O) groups excluding carboxylic acids is 1. The Labute approximate surface area is 117 Å². The summed E-state index contributed by atoms with van der Waals surface area (Å²) in [5.41, 5.74) is -0.528. The first-order chi connectivity index (χ1) is 9.86. The summed E-state index contributed by atoms with van der Waals surface area (Å²) in [6.45, 7) is 1.53. The van der Waals surface area contributed by atoms with E-state index in [1.165, 1.54) is 14.0 Å². The molecule has 10 heteroatoms. The number of nitro benzene ring substituents is 1. The van der Waals surface area contributed by atoms with E-state index in [2.05, 4.69) is 15.2 Å². The van der Waals surface area contributed by atoms with Gasteiger partial charge in [0.1, 0.15) is 0 Å². The second-order valence-corrected chi connectivity index (χ2v) is 4.18. The van der Waals surface area contributed by atoms with E-state index < -0.39 is 16.6 Å². The van der Waals surface area contributed by atoms with Crippen LogP contribution in [0.15, 0.2) is 16.9 Å². The van der Waals surface area contributed by atoms with Crippen LogP contribution in [0.3, 0.4) is 0 Å². The van der Waals surface area contributed by atoms with E-state index in [0.29, 0.717) is 5.56 Å². The monoisotopic (exact) mass is 293 g/mol. The standard InChI is InChI=1S/C11H11N5O5/c1-6-8(10(17)21-3)4-7(16(19)20)5-9(6)15-11(18)14(2)12-13-15/h4-5H,1-3H3. The van der Waals surface area contributed by atoms with Gasteiger partial charge in [0.15, 0.2) is 0 Å². The molecule has 0 aliphatic rings. The van der Waals surface area contributed by atoms with Gasteiger partial charge in [-0.1, -0.05) is 0 Å². The summed E-state index contributed by atoms with van der Waals surface area (Å²) in [5, 5.41) is 18.1. The Kier molecular flexibility index (Phi) is 3.52. The molecule has 0 aliphatic heterocycles. The van der Waals surface area contributed by atoms with Crippen LogP contribution in [-0.4, -0.2) is 37.8 Å². The zero-order valence-electron chi connectivity index (χ0n) is 11.4. The van der Waals surface area contributed by atoms with Gasteiger partial charge in [0.2, 0.25) is 0 Å². The van der Waals surface area contributed by atoms with Crippen molar-refractivity contribution in [3.8, 4) is 5.69 Å². The molecular formula is C11H11N5O5. The van der Waals surface area contributed by atoms with Crippen LogP contribution in [0.2, 0.25) is 0 Å². The molecule has 0 spiro atoms. The zero-order valence-corrected chi connectivity index (χ0v) is 11.4. The van der Waals surface area contributed by atoms with Crippen molar-refractivity contribution in [3.63, 3.8) is 0 Å². The van der Waals surface area contributed by atoms with Crippen LogP contribution >= 0.6 is 0 Å². The molecule has 0 saturated carbocycles. The summed E-state index contributed by atoms with van der Waals surface area (Å²) < 4.78 is 6.44. The highest BCUT2D eigenvalue weighted by Gasteiger charge is 2.22. The Bertz CT molecular complexity index is 791. The van der Waals surface area contributed by atoms with Gasteiger partial charge in [-0.3, -0.25) is 10.1 Å². The average molecular weight is 293 g/mol. The van der Waals surface area contributed by atoms with E-state index in [9.17, 15) is 19.7 Å². The Hall–Kier alpha value is -3.04. The Morgan fingerprint density at radius 2 is 2.05 bits per heavy atom. The second-order valence-electron chi connectivity index (χ2n) is 4.18. The number of esters is 1. The predicted molar refractivity (Wildman–Crippen MR) is 69.3 cm³/mol. The summed E-state index contributed by atoms with van der Waals surface area (Å²) in [4.78, 5) is 33.9. The topological polar surface area (TPSA) is 122 Å². The molecule has 0 fully saturated rings. The molecule has 0 aliphatic carbocycles. The minimum atomic E-state index is -0.741. The van der Waals surface area contributed by atoms with Crippen molar-refractivity contribution in [1.29, 1.82) is 0 Å². The van der Waals surface area contributed by atoms with Crippen LogP contribution in [0.25, 0.3) is 5.69 Å². The largest absolute Gasteiger partial charge is 0.465 e. The molecule has 0 atom stereocenters. The summed E-state index contributed by atoms with van der Waals surface area (Å²) in [6, 6.07) is 2.24. The van der Waals surface area contributed by atoms with Crippen molar-refractivity contribution in [2.75, 3.05) is 7.11 Å². The second kappa shape index (κ2) is 5.15. The normalized spacial score (nSPS) is 10.4. The molecule has 0 unspecified atom stereocenters. The van der Waals surface area contributed by atoms with Gasteiger partial charge < -0.3 is 4.74 Å². The number of tetrazole rings is 1. The van der Waals surface area contributed by atoms with Gasteiger partial charge in [0, 0.05) is 19.2 Å². The molecule has 0 bridgehead atoms. The third-order valence-corrected chi connectivity index (χ3v) is 2.93. The van der Waals surface area contributed by atoms with Gasteiger partial charge in [-0.2, -0.15) is 9.36 Å². The molecule has 0 amide bonds. The van der Waals surface area contributed by atoms with Crippen molar-refractivity contribution >= 4 is 11.7 Å². The van der Waals surface area contributed by atoms with E-state index in [-0.39, 0.29) is 16.9 Å². The Morgan fingerprint density at radius 1 is 1.38 bits per heavy atom. The smallest absolute Gasteiger partial charge is 0.368 e. The lowest BCUT2D eigenvalue weighted by Crippen LogP contribution is -2.23. The fraction of sp³-hybridized carbons (Fsp3) is 0.273. The number of methoxy groups -OCH3 is 1. The summed E-state index contributed by atoms with van der Waals surface area (Å²) in [7, 11) is 2.55. The van der Waals surface area contributed by atoms with Crippen LogP contribution in [0.5, 0.6) is 0 Å². The van der Waals surface area contributed by atoms with Crippen molar-refractivity contribution in [2.45, 2.75) is 6.92 Å². The first-order valence-corrected chi connectivity index (χ1v) is 5.73. The zero-order chi connectivity index (χ0) is 15.7.